The summed E-state index contributed by atoms with van der Waals surface area (Å²) in [6.45, 7) is 7.17. The summed E-state index contributed by atoms with van der Waals surface area (Å²) in [6.07, 6.45) is 1.82. The number of hydrogen-bond acceptors (Lipinski definition) is 4. The molecule has 0 radical (unpaired) electrons. The van der Waals surface area contributed by atoms with Gasteiger partial charge in [-0.05, 0) is 19.4 Å². The number of benzene rings is 1. The minimum atomic E-state index is -0.643. The van der Waals surface area contributed by atoms with Crippen molar-refractivity contribution in [1.82, 2.24) is 10.2 Å². The SMILES string of the molecule is C=C1c2ccccc2C(=O)N1CC(=O)OCC(=O)NC(C)CCC. The Balaban J connectivity index is 1.85. The van der Waals surface area contributed by atoms with Crippen LogP contribution in [0.3, 0.4) is 0 Å². The summed E-state index contributed by atoms with van der Waals surface area (Å²) in [6, 6.07) is 7.07. The highest BCUT2D eigenvalue weighted by Crippen LogP contribution is 2.30. The molecular formula is C18H22N2O4. The summed E-state index contributed by atoms with van der Waals surface area (Å²) in [5.41, 5.74) is 1.69. The van der Waals surface area contributed by atoms with E-state index < -0.39 is 5.97 Å². The van der Waals surface area contributed by atoms with E-state index in [1.165, 1.54) is 4.90 Å². The van der Waals surface area contributed by atoms with Gasteiger partial charge in [0, 0.05) is 22.9 Å². The molecule has 24 heavy (non-hydrogen) atoms. The van der Waals surface area contributed by atoms with Gasteiger partial charge in [-0.25, -0.2) is 0 Å². The minimum Gasteiger partial charge on any atom is -0.454 e. The van der Waals surface area contributed by atoms with Gasteiger partial charge in [-0.15, -0.1) is 0 Å². The fourth-order valence-electron chi connectivity index (χ4n) is 2.64. The second kappa shape index (κ2) is 7.77. The molecule has 1 aromatic rings. The van der Waals surface area contributed by atoms with Gasteiger partial charge in [-0.2, -0.15) is 0 Å². The van der Waals surface area contributed by atoms with Crippen LogP contribution in [0.25, 0.3) is 5.70 Å². The fraction of sp³-hybridized carbons (Fsp3) is 0.389. The molecule has 1 aliphatic rings. The van der Waals surface area contributed by atoms with Crippen LogP contribution in [0.5, 0.6) is 0 Å². The molecule has 6 heteroatoms. The molecule has 0 bridgehead atoms. The first-order chi connectivity index (χ1) is 11.4. The predicted molar refractivity (Wildman–Crippen MR) is 90.0 cm³/mol. The zero-order chi connectivity index (χ0) is 17.7. The Morgan fingerprint density at radius 1 is 1.29 bits per heavy atom. The summed E-state index contributed by atoms with van der Waals surface area (Å²) >= 11 is 0. The van der Waals surface area contributed by atoms with Crippen LogP contribution in [-0.4, -0.2) is 41.9 Å². The molecule has 0 aromatic heterocycles. The number of fused-ring (bicyclic) bond motifs is 1. The fourth-order valence-corrected chi connectivity index (χ4v) is 2.64. The number of hydrogen-bond donors (Lipinski definition) is 1. The van der Waals surface area contributed by atoms with Crippen molar-refractivity contribution in [3.05, 3.63) is 42.0 Å². The molecule has 0 spiro atoms. The van der Waals surface area contributed by atoms with Crippen molar-refractivity contribution in [2.24, 2.45) is 0 Å². The average Bonchev–Trinajstić information content (AvgIpc) is 2.79. The van der Waals surface area contributed by atoms with Crippen LogP contribution in [0.4, 0.5) is 0 Å². The quantitative estimate of drug-likeness (QED) is 0.776. The van der Waals surface area contributed by atoms with E-state index in [0.29, 0.717) is 16.8 Å². The van der Waals surface area contributed by atoms with E-state index in [1.807, 2.05) is 13.8 Å². The first-order valence-electron chi connectivity index (χ1n) is 7.99. The van der Waals surface area contributed by atoms with E-state index in [2.05, 4.69) is 11.9 Å². The van der Waals surface area contributed by atoms with Gasteiger partial charge in [0.05, 0.1) is 0 Å². The van der Waals surface area contributed by atoms with E-state index in [-0.39, 0.29) is 31.0 Å². The molecule has 0 aliphatic carbocycles. The first kappa shape index (κ1) is 17.7. The summed E-state index contributed by atoms with van der Waals surface area (Å²) in [5, 5.41) is 2.75. The Morgan fingerprint density at radius 2 is 1.96 bits per heavy atom. The molecule has 1 atom stereocenters. The second-order valence-corrected chi connectivity index (χ2v) is 5.80. The molecule has 1 unspecified atom stereocenters. The van der Waals surface area contributed by atoms with Crippen molar-refractivity contribution >= 4 is 23.5 Å². The van der Waals surface area contributed by atoms with Crippen molar-refractivity contribution in [2.45, 2.75) is 32.7 Å². The minimum absolute atomic E-state index is 0.0376. The molecule has 2 rings (SSSR count). The van der Waals surface area contributed by atoms with Gasteiger partial charge < -0.3 is 10.1 Å². The van der Waals surface area contributed by atoms with E-state index in [9.17, 15) is 14.4 Å². The van der Waals surface area contributed by atoms with Crippen LogP contribution in [0.1, 0.15) is 42.6 Å². The third-order valence-electron chi connectivity index (χ3n) is 3.82. The first-order valence-corrected chi connectivity index (χ1v) is 7.99. The van der Waals surface area contributed by atoms with Crippen LogP contribution in [-0.2, 0) is 14.3 Å². The molecule has 1 heterocycles. The lowest BCUT2D eigenvalue weighted by molar-refractivity contribution is -0.148. The number of nitrogens with one attached hydrogen (secondary N) is 1. The van der Waals surface area contributed by atoms with Gasteiger partial charge in [-0.3, -0.25) is 19.3 Å². The Bertz CT molecular complexity index is 634. The van der Waals surface area contributed by atoms with Crippen molar-refractivity contribution in [2.75, 3.05) is 13.2 Å². The highest BCUT2D eigenvalue weighted by atomic mass is 16.5. The number of nitrogens with zero attached hydrogens (tertiary/aromatic N) is 1. The number of amides is 2. The molecule has 1 N–H and O–H groups in total. The normalized spacial score (nSPS) is 14.3. The van der Waals surface area contributed by atoms with Gasteiger partial charge in [0.15, 0.2) is 6.61 Å². The third kappa shape index (κ3) is 4.01. The molecule has 0 saturated heterocycles. The molecule has 2 amide bonds. The molecular weight excluding hydrogens is 308 g/mol. The van der Waals surface area contributed by atoms with E-state index in [0.717, 1.165) is 12.8 Å². The summed E-state index contributed by atoms with van der Waals surface area (Å²) in [4.78, 5) is 37.2. The summed E-state index contributed by atoms with van der Waals surface area (Å²) < 4.78 is 4.95. The lowest BCUT2D eigenvalue weighted by atomic mass is 10.1. The largest absolute Gasteiger partial charge is 0.454 e. The van der Waals surface area contributed by atoms with Crippen molar-refractivity contribution in [3.8, 4) is 0 Å². The number of carbonyl (C=O) groups excluding carboxylic acids is 3. The van der Waals surface area contributed by atoms with Crippen LogP contribution < -0.4 is 5.32 Å². The van der Waals surface area contributed by atoms with Crippen molar-refractivity contribution in [3.63, 3.8) is 0 Å². The molecule has 1 aromatic carbocycles. The van der Waals surface area contributed by atoms with E-state index in [1.54, 1.807) is 24.3 Å². The molecule has 0 saturated carbocycles. The van der Waals surface area contributed by atoms with E-state index in [4.69, 9.17) is 4.74 Å². The topological polar surface area (TPSA) is 75.7 Å². The molecule has 1 aliphatic heterocycles. The standard InChI is InChI=1S/C18H22N2O4/c1-4-7-12(2)19-16(21)11-24-17(22)10-20-13(3)14-8-5-6-9-15(14)18(20)23/h5-6,8-9,12H,3-4,7,10-11H2,1-2H3,(H,19,21). The van der Waals surface area contributed by atoms with Crippen LogP contribution >= 0.6 is 0 Å². The van der Waals surface area contributed by atoms with E-state index >= 15 is 0 Å². The number of ether oxygens (including phenoxy) is 1. The Labute approximate surface area is 141 Å². The zero-order valence-corrected chi connectivity index (χ0v) is 14.0. The number of esters is 1. The van der Waals surface area contributed by atoms with Crippen LogP contribution in [0.15, 0.2) is 30.8 Å². The van der Waals surface area contributed by atoms with Crippen LogP contribution in [0.2, 0.25) is 0 Å². The monoisotopic (exact) mass is 330 g/mol. The van der Waals surface area contributed by atoms with Gasteiger partial charge in [0.2, 0.25) is 0 Å². The maximum absolute atomic E-state index is 12.3. The summed E-state index contributed by atoms with van der Waals surface area (Å²) in [5.74, 6) is -1.27. The maximum Gasteiger partial charge on any atom is 0.326 e. The second-order valence-electron chi connectivity index (χ2n) is 5.80. The molecule has 6 nitrogen and oxygen atoms in total. The maximum atomic E-state index is 12.3. The van der Waals surface area contributed by atoms with Crippen molar-refractivity contribution < 1.29 is 19.1 Å². The number of carbonyl (C=O) groups is 3. The zero-order valence-electron chi connectivity index (χ0n) is 14.0. The summed E-state index contributed by atoms with van der Waals surface area (Å²) in [7, 11) is 0. The smallest absolute Gasteiger partial charge is 0.326 e. The Morgan fingerprint density at radius 3 is 2.58 bits per heavy atom. The Kier molecular flexibility index (Phi) is 5.73. The van der Waals surface area contributed by atoms with Gasteiger partial charge in [-0.1, -0.05) is 38.1 Å². The third-order valence-corrected chi connectivity index (χ3v) is 3.82. The highest BCUT2D eigenvalue weighted by molar-refractivity contribution is 6.10. The lowest BCUT2D eigenvalue weighted by Gasteiger charge is -2.17. The van der Waals surface area contributed by atoms with Gasteiger partial charge >= 0.3 is 5.97 Å². The van der Waals surface area contributed by atoms with Crippen LogP contribution in [0, 0.1) is 0 Å². The molecule has 128 valence electrons. The van der Waals surface area contributed by atoms with Gasteiger partial charge in [0.25, 0.3) is 11.8 Å². The highest BCUT2D eigenvalue weighted by Gasteiger charge is 2.32. The number of rotatable bonds is 7. The average molecular weight is 330 g/mol. The van der Waals surface area contributed by atoms with Crippen molar-refractivity contribution in [1.29, 1.82) is 0 Å². The Hall–Kier alpha value is -2.63. The van der Waals surface area contributed by atoms with Gasteiger partial charge in [0.1, 0.15) is 6.54 Å². The predicted octanol–water partition coefficient (Wildman–Crippen LogP) is 1.96. The lowest BCUT2D eigenvalue weighted by Crippen LogP contribution is -2.37. The molecule has 0 fully saturated rings.